The van der Waals surface area contributed by atoms with Gasteiger partial charge in [0.25, 0.3) is 0 Å². The van der Waals surface area contributed by atoms with Crippen LogP contribution in [0, 0.1) is 5.82 Å². The van der Waals surface area contributed by atoms with Crippen LogP contribution in [0.15, 0.2) is 22.7 Å². The summed E-state index contributed by atoms with van der Waals surface area (Å²) in [6.07, 6.45) is 2.42. The topological polar surface area (TPSA) is 23.5 Å². The summed E-state index contributed by atoms with van der Waals surface area (Å²) < 4.78 is 13.6. The van der Waals surface area contributed by atoms with E-state index in [1.54, 1.807) is 6.07 Å². The molecule has 0 radical (unpaired) electrons. The van der Waals surface area contributed by atoms with Gasteiger partial charge in [-0.1, -0.05) is 6.07 Å². The van der Waals surface area contributed by atoms with Crippen LogP contribution in [0.2, 0.25) is 0 Å². The summed E-state index contributed by atoms with van der Waals surface area (Å²) in [6, 6.07) is 5.69. The lowest BCUT2D eigenvalue weighted by molar-refractivity contribution is 0.183. The number of nitrogens with zero attached hydrogens (tertiary/aromatic N) is 1. The van der Waals surface area contributed by atoms with Crippen LogP contribution in [0.1, 0.15) is 18.4 Å². The van der Waals surface area contributed by atoms with E-state index in [0.29, 0.717) is 17.1 Å². The lowest BCUT2D eigenvalue weighted by Gasteiger charge is -2.20. The van der Waals surface area contributed by atoms with Crippen LogP contribution in [0.5, 0.6) is 0 Å². The molecular formula is C12H15BrFNO. The highest BCUT2D eigenvalue weighted by Crippen LogP contribution is 2.28. The Balaban J connectivity index is 2.03. The summed E-state index contributed by atoms with van der Waals surface area (Å²) in [7, 11) is 0. The minimum absolute atomic E-state index is 0.179. The van der Waals surface area contributed by atoms with Gasteiger partial charge in [-0.3, -0.25) is 4.90 Å². The summed E-state index contributed by atoms with van der Waals surface area (Å²) >= 11 is 3.18. The van der Waals surface area contributed by atoms with Gasteiger partial charge in [0.05, 0.1) is 11.1 Å². The Morgan fingerprint density at radius 1 is 1.44 bits per heavy atom. The van der Waals surface area contributed by atoms with Crippen molar-refractivity contribution in [1.82, 2.24) is 4.90 Å². The van der Waals surface area contributed by atoms with Gasteiger partial charge in [-0.2, -0.15) is 0 Å². The van der Waals surface area contributed by atoms with Gasteiger partial charge in [0.1, 0.15) is 5.82 Å². The maximum atomic E-state index is 13.1. The molecule has 0 heterocycles. The zero-order valence-corrected chi connectivity index (χ0v) is 10.6. The van der Waals surface area contributed by atoms with Gasteiger partial charge in [0, 0.05) is 19.1 Å². The SMILES string of the molecule is OCCN(Cc1ccc(F)c(Br)c1)C1CC1. The zero-order chi connectivity index (χ0) is 11.5. The Labute approximate surface area is 103 Å². The Morgan fingerprint density at radius 3 is 2.75 bits per heavy atom. The molecular weight excluding hydrogens is 273 g/mol. The molecule has 0 atom stereocenters. The molecule has 2 rings (SSSR count). The van der Waals surface area contributed by atoms with Crippen molar-refractivity contribution >= 4 is 15.9 Å². The monoisotopic (exact) mass is 287 g/mol. The number of hydrogen-bond acceptors (Lipinski definition) is 2. The smallest absolute Gasteiger partial charge is 0.137 e. The van der Waals surface area contributed by atoms with E-state index >= 15 is 0 Å². The number of hydrogen-bond donors (Lipinski definition) is 1. The molecule has 1 aliphatic rings. The number of aliphatic hydroxyl groups excluding tert-OH is 1. The average Bonchev–Trinajstić information content (AvgIpc) is 3.06. The number of benzene rings is 1. The summed E-state index contributed by atoms with van der Waals surface area (Å²) in [6.45, 7) is 1.66. The van der Waals surface area contributed by atoms with Gasteiger partial charge >= 0.3 is 0 Å². The van der Waals surface area contributed by atoms with Gasteiger partial charge < -0.3 is 5.11 Å². The Bertz CT molecular complexity index is 368. The van der Waals surface area contributed by atoms with E-state index < -0.39 is 0 Å². The van der Waals surface area contributed by atoms with Crippen molar-refractivity contribution in [2.45, 2.75) is 25.4 Å². The highest BCUT2D eigenvalue weighted by Gasteiger charge is 2.28. The molecule has 0 aliphatic heterocycles. The van der Waals surface area contributed by atoms with E-state index in [1.165, 1.54) is 18.9 Å². The molecule has 1 saturated carbocycles. The standard InChI is InChI=1S/C12H15BrFNO/c13-11-7-9(1-4-12(11)14)8-15(5-6-16)10-2-3-10/h1,4,7,10,16H,2-3,5-6,8H2. The third kappa shape index (κ3) is 3.03. The van der Waals surface area contributed by atoms with Crippen molar-refractivity contribution in [2.24, 2.45) is 0 Å². The van der Waals surface area contributed by atoms with Crippen molar-refractivity contribution in [3.63, 3.8) is 0 Å². The molecule has 0 spiro atoms. The molecule has 1 aliphatic carbocycles. The molecule has 0 amide bonds. The Kier molecular flexibility index (Phi) is 3.95. The predicted octanol–water partition coefficient (Wildman–Crippen LogP) is 2.54. The van der Waals surface area contributed by atoms with Crippen LogP contribution in [0.25, 0.3) is 0 Å². The first kappa shape index (κ1) is 12.0. The molecule has 0 unspecified atom stereocenters. The molecule has 1 aromatic rings. The summed E-state index contributed by atoms with van der Waals surface area (Å²) in [5.74, 6) is -0.233. The van der Waals surface area contributed by atoms with Gasteiger partial charge in [0.15, 0.2) is 0 Å². The first-order valence-electron chi connectivity index (χ1n) is 5.49. The molecule has 0 saturated heterocycles. The molecule has 2 nitrogen and oxygen atoms in total. The lowest BCUT2D eigenvalue weighted by Crippen LogP contribution is -2.28. The number of halogens is 2. The summed E-state index contributed by atoms with van der Waals surface area (Å²) in [4.78, 5) is 2.25. The fourth-order valence-corrected chi connectivity index (χ4v) is 2.26. The molecule has 16 heavy (non-hydrogen) atoms. The van der Waals surface area contributed by atoms with Crippen LogP contribution in [-0.2, 0) is 6.54 Å². The third-order valence-electron chi connectivity index (χ3n) is 2.82. The molecule has 4 heteroatoms. The average molecular weight is 288 g/mol. The molecule has 1 aromatic carbocycles. The van der Waals surface area contributed by atoms with Crippen LogP contribution in [0.3, 0.4) is 0 Å². The number of aliphatic hydroxyl groups is 1. The van der Waals surface area contributed by atoms with Crippen molar-refractivity contribution in [3.8, 4) is 0 Å². The molecule has 0 bridgehead atoms. The second-order valence-electron chi connectivity index (χ2n) is 4.17. The first-order valence-corrected chi connectivity index (χ1v) is 6.29. The Morgan fingerprint density at radius 2 is 2.19 bits per heavy atom. The van der Waals surface area contributed by atoms with Gasteiger partial charge in [-0.05, 0) is 46.5 Å². The van der Waals surface area contributed by atoms with Crippen LogP contribution >= 0.6 is 15.9 Å². The maximum Gasteiger partial charge on any atom is 0.137 e. The van der Waals surface area contributed by atoms with Gasteiger partial charge in [-0.15, -0.1) is 0 Å². The molecule has 1 fully saturated rings. The fraction of sp³-hybridized carbons (Fsp3) is 0.500. The minimum atomic E-state index is -0.233. The van der Waals surface area contributed by atoms with Crippen LogP contribution < -0.4 is 0 Å². The summed E-state index contributed by atoms with van der Waals surface area (Å²) in [5, 5.41) is 8.98. The van der Waals surface area contributed by atoms with Crippen molar-refractivity contribution in [1.29, 1.82) is 0 Å². The van der Waals surface area contributed by atoms with E-state index in [2.05, 4.69) is 20.8 Å². The van der Waals surface area contributed by atoms with Crippen LogP contribution in [0.4, 0.5) is 4.39 Å². The van der Waals surface area contributed by atoms with Crippen molar-refractivity contribution in [2.75, 3.05) is 13.2 Å². The highest BCUT2D eigenvalue weighted by atomic mass is 79.9. The van der Waals surface area contributed by atoms with E-state index in [-0.39, 0.29) is 12.4 Å². The third-order valence-corrected chi connectivity index (χ3v) is 3.43. The molecule has 1 N–H and O–H groups in total. The fourth-order valence-electron chi connectivity index (χ4n) is 1.83. The van der Waals surface area contributed by atoms with Crippen molar-refractivity contribution in [3.05, 3.63) is 34.1 Å². The van der Waals surface area contributed by atoms with E-state index in [4.69, 9.17) is 5.11 Å². The molecule has 0 aromatic heterocycles. The first-order chi connectivity index (χ1) is 7.70. The number of rotatable bonds is 5. The van der Waals surface area contributed by atoms with E-state index in [1.807, 2.05) is 6.07 Å². The normalized spacial score (nSPS) is 15.8. The van der Waals surface area contributed by atoms with Gasteiger partial charge in [-0.25, -0.2) is 4.39 Å². The second kappa shape index (κ2) is 5.25. The van der Waals surface area contributed by atoms with Crippen molar-refractivity contribution < 1.29 is 9.50 Å². The molecule has 88 valence electrons. The Hall–Kier alpha value is -0.450. The largest absolute Gasteiger partial charge is 0.395 e. The second-order valence-corrected chi connectivity index (χ2v) is 5.03. The lowest BCUT2D eigenvalue weighted by atomic mass is 10.2. The highest BCUT2D eigenvalue weighted by molar-refractivity contribution is 9.10. The maximum absolute atomic E-state index is 13.1. The summed E-state index contributed by atoms with van der Waals surface area (Å²) in [5.41, 5.74) is 1.08. The predicted molar refractivity (Wildman–Crippen MR) is 64.6 cm³/mol. The quantitative estimate of drug-likeness (QED) is 0.900. The van der Waals surface area contributed by atoms with E-state index in [9.17, 15) is 4.39 Å². The van der Waals surface area contributed by atoms with E-state index in [0.717, 1.165) is 12.1 Å². The minimum Gasteiger partial charge on any atom is -0.395 e. The zero-order valence-electron chi connectivity index (χ0n) is 9.00. The van der Waals surface area contributed by atoms with Crippen LogP contribution in [-0.4, -0.2) is 29.2 Å². The van der Waals surface area contributed by atoms with Gasteiger partial charge in [0.2, 0.25) is 0 Å².